The van der Waals surface area contributed by atoms with Gasteiger partial charge in [-0.05, 0) is 162 Å². The fourth-order valence-corrected chi connectivity index (χ4v) is 10.6. The lowest BCUT2D eigenvalue weighted by molar-refractivity contribution is 0.0104. The van der Waals surface area contributed by atoms with Gasteiger partial charge in [0.1, 0.15) is 27.7 Å². The van der Waals surface area contributed by atoms with Gasteiger partial charge in [0.15, 0.2) is 11.3 Å². The number of hydrogen-bond acceptors (Lipinski definition) is 13. The Morgan fingerprint density at radius 1 is 0.702 bits per heavy atom. The van der Waals surface area contributed by atoms with Crippen LogP contribution < -0.4 is 38.0 Å². The summed E-state index contributed by atoms with van der Waals surface area (Å²) in [5.74, 6) is -0.199. The maximum Gasteiger partial charge on any atom is 0.410 e. The summed E-state index contributed by atoms with van der Waals surface area (Å²) in [6.07, 6.45) is 2.30. The Hall–Kier alpha value is -7.17. The number of anilines is 1. The van der Waals surface area contributed by atoms with Crippen molar-refractivity contribution in [1.29, 1.82) is 0 Å². The molecule has 9 heterocycles. The summed E-state index contributed by atoms with van der Waals surface area (Å²) in [6.45, 7) is 27.4. The van der Waals surface area contributed by atoms with Crippen molar-refractivity contribution in [3.05, 3.63) is 163 Å². The van der Waals surface area contributed by atoms with Gasteiger partial charge in [0.05, 0.1) is 55.0 Å². The summed E-state index contributed by atoms with van der Waals surface area (Å²) in [5.41, 5.74) is 1.85. The molecule has 3 fully saturated rings. The average molecular weight is 1260 g/mol. The van der Waals surface area contributed by atoms with Gasteiger partial charge in [0.25, 0.3) is 11.1 Å². The van der Waals surface area contributed by atoms with Crippen LogP contribution in [0.1, 0.15) is 110 Å². The largest absolute Gasteiger partial charge is 0.444 e. The number of aryl methyl sites for hydroxylation is 2. The van der Waals surface area contributed by atoms with E-state index in [1.54, 1.807) is 41.3 Å². The molecule has 3 aliphatic heterocycles. The van der Waals surface area contributed by atoms with E-state index in [1.807, 2.05) is 75.3 Å². The molecule has 1 amide bonds. The molecular formula is C61H69BrCl2F2N12O6. The molecule has 0 unspecified atom stereocenters. The SMILES string of the molecule is C1CNC1.C[C@@H]1CN[C@@H](C)CN1C(=O)OC(C)(C)C.Cc1cc(Br)nc(C(C)C)c1-n1c(=O)[nH]c(=O)c2cc(Cl)c(-c3ccccc3F)nc21.Cc1cc(N2CCC2)nc(C(C)C)c1-n1c(=O)[nH]c(=O)c2cc(Cl)c(-c3ccccc3F)nc21. The monoisotopic (exact) mass is 1250 g/mol. The Morgan fingerprint density at radius 2 is 1.15 bits per heavy atom. The van der Waals surface area contributed by atoms with Crippen LogP contribution in [0.4, 0.5) is 19.4 Å². The van der Waals surface area contributed by atoms with Crippen LogP contribution in [-0.2, 0) is 4.74 Å². The first kappa shape index (κ1) is 62.9. The summed E-state index contributed by atoms with van der Waals surface area (Å²) in [7, 11) is 0. The van der Waals surface area contributed by atoms with Crippen molar-refractivity contribution in [2.24, 2.45) is 0 Å². The number of nitrogens with zero attached hydrogens (tertiary/aromatic N) is 8. The molecule has 0 aliphatic carbocycles. The molecule has 11 rings (SSSR count). The van der Waals surface area contributed by atoms with Gasteiger partial charge >= 0.3 is 17.5 Å². The highest BCUT2D eigenvalue weighted by molar-refractivity contribution is 9.10. The molecular weight excluding hydrogens is 1190 g/mol. The van der Waals surface area contributed by atoms with Crippen LogP contribution in [0, 0.1) is 25.5 Å². The van der Waals surface area contributed by atoms with E-state index in [0.29, 0.717) is 33.4 Å². The molecule has 23 heteroatoms. The number of amides is 1. The number of carbonyl (C=O) groups excluding carboxylic acids is 1. The molecule has 0 bridgehead atoms. The quantitative estimate of drug-likeness (QED) is 0.109. The molecule has 2 atom stereocenters. The second kappa shape index (κ2) is 26.4. The highest BCUT2D eigenvalue weighted by Crippen LogP contribution is 2.35. The van der Waals surface area contributed by atoms with Gasteiger partial charge in [-0.2, -0.15) is 0 Å². The zero-order valence-corrected chi connectivity index (χ0v) is 51.9. The van der Waals surface area contributed by atoms with Gasteiger partial charge in [0.2, 0.25) is 0 Å². The van der Waals surface area contributed by atoms with Gasteiger partial charge < -0.3 is 25.2 Å². The number of aromatic amines is 2. The Balaban J connectivity index is 0.000000169. The summed E-state index contributed by atoms with van der Waals surface area (Å²) < 4.78 is 37.7. The zero-order valence-electron chi connectivity index (χ0n) is 48.8. The van der Waals surface area contributed by atoms with Crippen LogP contribution in [0.3, 0.4) is 0 Å². The maximum atomic E-state index is 14.6. The fourth-order valence-electron chi connectivity index (χ4n) is 9.56. The van der Waals surface area contributed by atoms with E-state index in [0.717, 1.165) is 49.5 Å². The third-order valence-corrected chi connectivity index (χ3v) is 15.1. The first-order valence-electron chi connectivity index (χ1n) is 27.8. The maximum absolute atomic E-state index is 14.6. The summed E-state index contributed by atoms with van der Waals surface area (Å²) in [4.78, 5) is 90.4. The third kappa shape index (κ3) is 14.0. The molecule has 8 aromatic rings. The summed E-state index contributed by atoms with van der Waals surface area (Å²) >= 11 is 16.2. The van der Waals surface area contributed by atoms with Crippen LogP contribution in [0.2, 0.25) is 10.0 Å². The van der Waals surface area contributed by atoms with Crippen molar-refractivity contribution >= 4 is 73.1 Å². The summed E-state index contributed by atoms with van der Waals surface area (Å²) in [5, 5.41) is 6.90. The predicted octanol–water partition coefficient (Wildman–Crippen LogP) is 11.3. The molecule has 2 aromatic carbocycles. The van der Waals surface area contributed by atoms with E-state index in [4.69, 9.17) is 32.9 Å². The van der Waals surface area contributed by atoms with Crippen molar-refractivity contribution in [2.75, 3.05) is 44.2 Å². The molecule has 84 heavy (non-hydrogen) atoms. The van der Waals surface area contributed by atoms with E-state index >= 15 is 0 Å². The van der Waals surface area contributed by atoms with Crippen LogP contribution in [0.25, 0.3) is 56.0 Å². The zero-order chi connectivity index (χ0) is 61.1. The number of nitrogens with one attached hydrogen (secondary N) is 4. The molecule has 18 nitrogen and oxygen atoms in total. The molecule has 4 N–H and O–H groups in total. The number of hydrogen-bond donors (Lipinski definition) is 4. The number of aromatic nitrogens is 8. The Labute approximate surface area is 503 Å². The van der Waals surface area contributed by atoms with Gasteiger partial charge in [-0.1, -0.05) is 75.2 Å². The van der Waals surface area contributed by atoms with E-state index in [9.17, 15) is 32.8 Å². The minimum absolute atomic E-state index is 0.0119. The number of pyridine rings is 4. The van der Waals surface area contributed by atoms with E-state index in [2.05, 4.69) is 63.3 Å². The normalized spacial score (nSPS) is 15.8. The van der Waals surface area contributed by atoms with Crippen LogP contribution >= 0.6 is 39.1 Å². The van der Waals surface area contributed by atoms with Gasteiger partial charge in [0, 0.05) is 49.4 Å². The molecule has 444 valence electrons. The number of carbonyl (C=O) groups is 1. The lowest BCUT2D eigenvalue weighted by Gasteiger charge is -2.38. The van der Waals surface area contributed by atoms with Gasteiger partial charge in [-0.25, -0.2) is 52.2 Å². The molecule has 3 aliphatic rings. The number of fused-ring (bicyclic) bond motifs is 2. The predicted molar refractivity (Wildman–Crippen MR) is 332 cm³/mol. The lowest BCUT2D eigenvalue weighted by Crippen LogP contribution is -2.57. The Morgan fingerprint density at radius 3 is 1.57 bits per heavy atom. The van der Waals surface area contributed by atoms with Crippen molar-refractivity contribution in [3.8, 4) is 33.9 Å². The van der Waals surface area contributed by atoms with Gasteiger partial charge in [-0.3, -0.25) is 19.6 Å². The molecule has 0 saturated carbocycles. The molecule has 0 spiro atoms. The second-order valence-corrected chi connectivity index (χ2v) is 24.2. The first-order valence-corrected chi connectivity index (χ1v) is 29.4. The van der Waals surface area contributed by atoms with Crippen molar-refractivity contribution in [3.63, 3.8) is 0 Å². The van der Waals surface area contributed by atoms with Crippen LogP contribution in [0.15, 0.2) is 96.6 Å². The first-order chi connectivity index (χ1) is 39.7. The van der Waals surface area contributed by atoms with E-state index in [-0.39, 0.29) is 78.6 Å². The number of piperazine rings is 1. The third-order valence-electron chi connectivity index (χ3n) is 14.1. The Bertz CT molecular complexity index is 4020. The van der Waals surface area contributed by atoms with Crippen molar-refractivity contribution < 1.29 is 18.3 Å². The van der Waals surface area contributed by atoms with Crippen molar-refractivity contribution in [1.82, 2.24) is 54.6 Å². The second-order valence-electron chi connectivity index (χ2n) is 22.6. The van der Waals surface area contributed by atoms with E-state index < -0.39 is 39.7 Å². The number of halogens is 5. The van der Waals surface area contributed by atoms with Gasteiger partial charge in [-0.15, -0.1) is 0 Å². The average Bonchev–Trinajstić information content (AvgIpc) is 1.06. The number of benzene rings is 2. The summed E-state index contributed by atoms with van der Waals surface area (Å²) in [6, 6.07) is 19.2. The number of ether oxygens (including phenoxy) is 1. The Kier molecular flexibility index (Phi) is 19.8. The smallest absolute Gasteiger partial charge is 0.410 e. The van der Waals surface area contributed by atoms with Crippen LogP contribution in [0.5, 0.6) is 0 Å². The topological polar surface area (TPSA) is 218 Å². The number of H-pyrrole nitrogens is 2. The van der Waals surface area contributed by atoms with Crippen molar-refractivity contribution in [2.45, 2.75) is 119 Å². The number of rotatable bonds is 7. The highest BCUT2D eigenvalue weighted by atomic mass is 79.9. The minimum Gasteiger partial charge on any atom is -0.444 e. The van der Waals surface area contributed by atoms with Crippen LogP contribution in [-0.4, -0.2) is 107 Å². The highest BCUT2D eigenvalue weighted by Gasteiger charge is 2.31. The fraction of sp³-hybridized carbons (Fsp3) is 0.393. The molecule has 6 aromatic heterocycles. The molecule has 3 saturated heterocycles. The minimum atomic E-state index is -0.666. The molecule has 0 radical (unpaired) electrons. The standard InChI is InChI=1S/C25H23ClFN5O2.C22H17BrClFN4O2.C11H22N2O2.C3H7N/c1-13(2)20-22(14(3)11-19(28-20)31-9-6-10-31)32-23-16(24(33)30-25(32)34)12-17(26)21(29-23)15-7-4-5-8-18(15)27;1-10(2)17-19(11(3)8-16(23)26-17)29-20-13(21(30)28-22(29)31)9-14(24)18(27-20)12-6-4-5-7-15(12)25;1-8-7-13(9(2)6-12-8)10(14)15-11(3,4)5;1-2-4-3-1/h4-5,7-8,11-13H,6,9-10H2,1-3H3,(H,30,33,34);4-10H,1-3H3,(H,28,30,31);8-9,12H,6-7H2,1-5H3;4H,1-3H2/t;;8-,9+;/m..0./s1. The lowest BCUT2D eigenvalue weighted by atomic mass is 10.0. The van der Waals surface area contributed by atoms with E-state index in [1.165, 1.54) is 59.0 Å².